The number of nitrogens with zero attached hydrogens (tertiary/aromatic N) is 2. The second-order valence-corrected chi connectivity index (χ2v) is 9.71. The summed E-state index contributed by atoms with van der Waals surface area (Å²) in [6.45, 7) is 6.62. The third-order valence-corrected chi connectivity index (χ3v) is 7.31. The molecule has 0 radical (unpaired) electrons. The van der Waals surface area contributed by atoms with E-state index in [0.29, 0.717) is 39.9 Å². The van der Waals surface area contributed by atoms with E-state index in [2.05, 4.69) is 19.2 Å². The van der Waals surface area contributed by atoms with Gasteiger partial charge in [-0.3, -0.25) is 14.2 Å². The van der Waals surface area contributed by atoms with Gasteiger partial charge in [-0.05, 0) is 49.1 Å². The summed E-state index contributed by atoms with van der Waals surface area (Å²) >= 11 is 7.41. The first-order valence-corrected chi connectivity index (χ1v) is 13.2. The van der Waals surface area contributed by atoms with Crippen LogP contribution in [0, 0.1) is 6.92 Å². The van der Waals surface area contributed by atoms with Crippen LogP contribution in [0.15, 0.2) is 58.7 Å². The normalized spacial score (nSPS) is 11.0. The molecule has 3 N–H and O–H groups in total. The largest absolute Gasteiger partial charge is 0.351 e. The fraction of sp³-hybridized carbons (Fsp3) is 0.250. The van der Waals surface area contributed by atoms with Crippen LogP contribution in [-0.2, 0) is 12.8 Å². The van der Waals surface area contributed by atoms with Crippen LogP contribution < -0.4 is 16.6 Å². The molecule has 2 aromatic carbocycles. The Kier molecular flexibility index (Phi) is 8.04. The standard InChI is InChI=1S/C28H29ClN4O2S/c1-4-18-7-6-8-19(5-2)25(18)33-17(3)22(26(34)31-14-13-30)15-23(28(33)35)27-32-24(16-36-27)20-9-11-21(29)12-10-20/h6-12,15-16H,4-5,13-14,30H2,1-3H3,(H,31,34). The highest BCUT2D eigenvalue weighted by Gasteiger charge is 2.23. The first-order valence-electron chi connectivity index (χ1n) is 12.0. The molecule has 0 saturated heterocycles. The van der Waals surface area contributed by atoms with Gasteiger partial charge < -0.3 is 11.1 Å². The lowest BCUT2D eigenvalue weighted by Crippen LogP contribution is -2.33. The summed E-state index contributed by atoms with van der Waals surface area (Å²) < 4.78 is 1.69. The number of pyridine rings is 1. The van der Waals surface area contributed by atoms with Crippen LogP contribution in [0.5, 0.6) is 0 Å². The molecule has 0 aliphatic rings. The van der Waals surface area contributed by atoms with Crippen LogP contribution in [-0.4, -0.2) is 28.5 Å². The lowest BCUT2D eigenvalue weighted by molar-refractivity contribution is 0.0953. The predicted octanol–water partition coefficient (Wildman–Crippen LogP) is 5.40. The predicted molar refractivity (Wildman–Crippen MR) is 148 cm³/mol. The fourth-order valence-electron chi connectivity index (χ4n) is 4.29. The highest BCUT2D eigenvalue weighted by molar-refractivity contribution is 7.13. The molecule has 2 aromatic heterocycles. The topological polar surface area (TPSA) is 90.0 Å². The van der Waals surface area contributed by atoms with Gasteiger partial charge in [0.05, 0.1) is 22.5 Å². The number of hydrogen-bond acceptors (Lipinski definition) is 5. The molecule has 1 amide bonds. The number of amides is 1. The number of halogens is 1. The molecule has 0 aliphatic heterocycles. The van der Waals surface area contributed by atoms with E-state index in [1.54, 1.807) is 10.6 Å². The average Bonchev–Trinajstić information content (AvgIpc) is 3.37. The summed E-state index contributed by atoms with van der Waals surface area (Å²) in [5.41, 5.74) is 11.4. The Bertz CT molecular complexity index is 1440. The Morgan fingerprint density at radius 2 is 1.78 bits per heavy atom. The summed E-state index contributed by atoms with van der Waals surface area (Å²) in [7, 11) is 0. The zero-order chi connectivity index (χ0) is 25.8. The van der Waals surface area contributed by atoms with Crippen molar-refractivity contribution in [3.05, 3.63) is 91.7 Å². The molecule has 2 heterocycles. The molecule has 8 heteroatoms. The first kappa shape index (κ1) is 25.8. The van der Waals surface area contributed by atoms with Crippen molar-refractivity contribution in [3.63, 3.8) is 0 Å². The van der Waals surface area contributed by atoms with E-state index in [-0.39, 0.29) is 11.5 Å². The third kappa shape index (κ3) is 5.00. The van der Waals surface area contributed by atoms with Crippen LogP contribution in [0.1, 0.15) is 41.0 Å². The van der Waals surface area contributed by atoms with Crippen LogP contribution >= 0.6 is 22.9 Å². The molecule has 0 bridgehead atoms. The minimum atomic E-state index is -0.269. The van der Waals surface area contributed by atoms with E-state index >= 15 is 0 Å². The zero-order valence-electron chi connectivity index (χ0n) is 20.6. The molecule has 0 fully saturated rings. The summed E-state index contributed by atoms with van der Waals surface area (Å²) in [5.74, 6) is -0.269. The number of hydrogen-bond donors (Lipinski definition) is 2. The van der Waals surface area contributed by atoms with Crippen molar-refractivity contribution in [1.29, 1.82) is 0 Å². The molecule has 0 atom stereocenters. The molecule has 6 nitrogen and oxygen atoms in total. The summed E-state index contributed by atoms with van der Waals surface area (Å²) in [6, 6.07) is 15.1. The second kappa shape index (κ2) is 11.2. The second-order valence-electron chi connectivity index (χ2n) is 8.42. The van der Waals surface area contributed by atoms with Gasteiger partial charge in [-0.2, -0.15) is 0 Å². The lowest BCUT2D eigenvalue weighted by Gasteiger charge is -2.21. The van der Waals surface area contributed by atoms with Crippen LogP contribution in [0.2, 0.25) is 5.02 Å². The van der Waals surface area contributed by atoms with Crippen molar-refractivity contribution in [3.8, 4) is 27.5 Å². The maximum Gasteiger partial charge on any atom is 0.265 e. The van der Waals surface area contributed by atoms with E-state index in [1.165, 1.54) is 11.3 Å². The maximum atomic E-state index is 14.1. The van der Waals surface area contributed by atoms with Crippen molar-refractivity contribution < 1.29 is 4.79 Å². The van der Waals surface area contributed by atoms with Crippen molar-refractivity contribution in [1.82, 2.24) is 14.9 Å². The minimum Gasteiger partial charge on any atom is -0.351 e. The van der Waals surface area contributed by atoms with Gasteiger partial charge in [0.25, 0.3) is 11.5 Å². The Labute approximate surface area is 219 Å². The number of para-hydroxylation sites is 1. The molecule has 0 unspecified atom stereocenters. The molecular weight excluding hydrogens is 492 g/mol. The molecule has 186 valence electrons. The first-order chi connectivity index (χ1) is 17.4. The van der Waals surface area contributed by atoms with Gasteiger partial charge in [0, 0.05) is 34.7 Å². The number of rotatable bonds is 8. The molecule has 36 heavy (non-hydrogen) atoms. The van der Waals surface area contributed by atoms with Crippen molar-refractivity contribution in [2.75, 3.05) is 13.1 Å². The Morgan fingerprint density at radius 3 is 2.39 bits per heavy atom. The third-order valence-electron chi connectivity index (χ3n) is 6.19. The van der Waals surface area contributed by atoms with Gasteiger partial charge in [-0.15, -0.1) is 11.3 Å². The van der Waals surface area contributed by atoms with Crippen LogP contribution in [0.4, 0.5) is 0 Å². The van der Waals surface area contributed by atoms with Crippen LogP contribution in [0.3, 0.4) is 0 Å². The fourth-order valence-corrected chi connectivity index (χ4v) is 5.25. The number of aryl methyl sites for hydroxylation is 2. The van der Waals surface area contributed by atoms with Gasteiger partial charge >= 0.3 is 0 Å². The number of carbonyl (C=O) groups excluding carboxylic acids is 1. The van der Waals surface area contributed by atoms with Gasteiger partial charge in [0.1, 0.15) is 5.01 Å². The van der Waals surface area contributed by atoms with E-state index in [4.69, 9.17) is 22.3 Å². The monoisotopic (exact) mass is 520 g/mol. The van der Waals surface area contributed by atoms with Crippen molar-refractivity contribution >= 4 is 28.8 Å². The van der Waals surface area contributed by atoms with E-state index in [1.807, 2.05) is 54.8 Å². The number of nitrogens with two attached hydrogens (primary N) is 1. The molecule has 0 aliphatic carbocycles. The SMILES string of the molecule is CCc1cccc(CC)c1-n1c(C)c(C(=O)NCCN)cc(-c2nc(-c3ccc(Cl)cc3)cs2)c1=O. The van der Waals surface area contributed by atoms with Crippen molar-refractivity contribution in [2.24, 2.45) is 5.73 Å². The van der Waals surface area contributed by atoms with Gasteiger partial charge in [0.2, 0.25) is 0 Å². The molecule has 4 aromatic rings. The molecular formula is C28H29ClN4O2S. The van der Waals surface area contributed by atoms with Crippen molar-refractivity contribution in [2.45, 2.75) is 33.6 Å². The maximum absolute atomic E-state index is 14.1. The Morgan fingerprint density at radius 1 is 1.11 bits per heavy atom. The van der Waals surface area contributed by atoms with Gasteiger partial charge in [0.15, 0.2) is 0 Å². The highest BCUT2D eigenvalue weighted by atomic mass is 35.5. The average molecular weight is 521 g/mol. The summed E-state index contributed by atoms with van der Waals surface area (Å²) in [6.07, 6.45) is 1.51. The van der Waals surface area contributed by atoms with Gasteiger partial charge in [-0.1, -0.05) is 55.8 Å². The minimum absolute atomic E-state index is 0.199. The molecule has 0 saturated carbocycles. The number of carbonyl (C=O) groups is 1. The molecule has 0 spiro atoms. The number of benzene rings is 2. The van der Waals surface area contributed by atoms with Gasteiger partial charge in [-0.25, -0.2) is 4.98 Å². The molecule has 4 rings (SSSR count). The lowest BCUT2D eigenvalue weighted by atomic mass is 10.0. The number of thiazole rings is 1. The Hall–Kier alpha value is -3.26. The van der Waals surface area contributed by atoms with E-state index < -0.39 is 0 Å². The van der Waals surface area contributed by atoms with E-state index in [0.717, 1.165) is 40.9 Å². The van der Waals surface area contributed by atoms with Crippen LogP contribution in [0.25, 0.3) is 27.5 Å². The quantitative estimate of drug-likeness (QED) is 0.325. The summed E-state index contributed by atoms with van der Waals surface area (Å²) in [4.78, 5) is 32.0. The zero-order valence-corrected chi connectivity index (χ0v) is 22.2. The highest BCUT2D eigenvalue weighted by Crippen LogP contribution is 2.30. The van der Waals surface area contributed by atoms with E-state index in [9.17, 15) is 9.59 Å². The number of aromatic nitrogens is 2. The Balaban J connectivity index is 1.97. The summed E-state index contributed by atoms with van der Waals surface area (Å²) in [5, 5.41) is 5.96. The number of nitrogens with one attached hydrogen (secondary N) is 1. The smallest absolute Gasteiger partial charge is 0.265 e.